The Balaban J connectivity index is 1.85. The molecule has 6 heteroatoms. The minimum atomic E-state index is -0.725. The zero-order valence-electron chi connectivity index (χ0n) is 12.0. The van der Waals surface area contributed by atoms with Gasteiger partial charge in [0.25, 0.3) is 11.8 Å². The molecule has 2 aromatic carbocycles. The number of aldehydes is 1. The fourth-order valence-electron chi connectivity index (χ4n) is 1.74. The maximum absolute atomic E-state index is 11.7. The van der Waals surface area contributed by atoms with Crippen LogP contribution in [0, 0.1) is 0 Å². The van der Waals surface area contributed by atoms with Gasteiger partial charge < -0.3 is 4.74 Å². The lowest BCUT2D eigenvalue weighted by atomic mass is 10.1. The molecule has 0 radical (unpaired) electrons. The quantitative estimate of drug-likeness (QED) is 0.669. The summed E-state index contributed by atoms with van der Waals surface area (Å²) in [5, 5.41) is 2.12. The van der Waals surface area contributed by atoms with Gasteiger partial charge in [0.05, 0.1) is 5.56 Å². The third kappa shape index (κ3) is 4.60. The number of carbonyl (C=O) groups excluding carboxylic acids is 4. The van der Waals surface area contributed by atoms with E-state index in [0.717, 1.165) is 0 Å². The number of ether oxygens (including phenoxy) is 1. The zero-order valence-corrected chi connectivity index (χ0v) is 12.0. The minimum Gasteiger partial charge on any atom is -0.452 e. The van der Waals surface area contributed by atoms with Crippen molar-refractivity contribution in [1.82, 2.24) is 5.32 Å². The average molecular weight is 311 g/mol. The number of rotatable bonds is 5. The minimum absolute atomic E-state index is 0.206. The highest BCUT2D eigenvalue weighted by Gasteiger charge is 2.13. The topological polar surface area (TPSA) is 89.5 Å². The van der Waals surface area contributed by atoms with Crippen LogP contribution in [0.15, 0.2) is 54.6 Å². The van der Waals surface area contributed by atoms with Crippen molar-refractivity contribution in [1.29, 1.82) is 0 Å². The molecule has 0 saturated heterocycles. The van der Waals surface area contributed by atoms with Gasteiger partial charge in [-0.15, -0.1) is 0 Å². The standard InChI is InChI=1S/C17H13NO5/c19-10-12-6-8-14(9-7-12)17(22)23-11-15(20)18-16(21)13-4-2-1-3-5-13/h1-10H,11H2,(H,18,20,21). The Morgan fingerprint density at radius 2 is 1.57 bits per heavy atom. The van der Waals surface area contributed by atoms with Crippen molar-refractivity contribution in [2.45, 2.75) is 0 Å². The summed E-state index contributed by atoms with van der Waals surface area (Å²) in [6.45, 7) is -0.577. The molecular formula is C17H13NO5. The molecule has 23 heavy (non-hydrogen) atoms. The molecule has 0 atom stereocenters. The summed E-state index contributed by atoms with van der Waals surface area (Å²) in [5.74, 6) is -2.01. The van der Waals surface area contributed by atoms with Crippen molar-refractivity contribution < 1.29 is 23.9 Å². The molecule has 0 unspecified atom stereocenters. The average Bonchev–Trinajstić information content (AvgIpc) is 2.60. The molecule has 6 nitrogen and oxygen atoms in total. The molecule has 0 spiro atoms. The van der Waals surface area contributed by atoms with E-state index in [4.69, 9.17) is 4.74 Å². The largest absolute Gasteiger partial charge is 0.452 e. The molecule has 2 amide bonds. The van der Waals surface area contributed by atoms with Crippen LogP contribution >= 0.6 is 0 Å². The number of nitrogens with one attached hydrogen (secondary N) is 1. The summed E-state index contributed by atoms with van der Waals surface area (Å²) in [6, 6.07) is 14.0. The van der Waals surface area contributed by atoms with Gasteiger partial charge in [0, 0.05) is 11.1 Å². The van der Waals surface area contributed by atoms with Crippen molar-refractivity contribution >= 4 is 24.1 Å². The van der Waals surface area contributed by atoms with Crippen molar-refractivity contribution in [3.63, 3.8) is 0 Å². The van der Waals surface area contributed by atoms with Crippen LogP contribution in [0.3, 0.4) is 0 Å². The fourth-order valence-corrected chi connectivity index (χ4v) is 1.74. The SMILES string of the molecule is O=Cc1ccc(C(=O)OCC(=O)NC(=O)c2ccccc2)cc1. The van der Waals surface area contributed by atoms with Crippen molar-refractivity contribution in [2.24, 2.45) is 0 Å². The Kier molecular flexibility index (Phi) is 5.35. The molecule has 116 valence electrons. The first-order valence-corrected chi connectivity index (χ1v) is 6.72. The van der Waals surface area contributed by atoms with Gasteiger partial charge in [-0.3, -0.25) is 19.7 Å². The monoisotopic (exact) mass is 311 g/mol. The van der Waals surface area contributed by atoms with E-state index < -0.39 is 24.4 Å². The van der Waals surface area contributed by atoms with Gasteiger partial charge >= 0.3 is 5.97 Å². The number of carbonyl (C=O) groups is 4. The van der Waals surface area contributed by atoms with E-state index in [1.165, 1.54) is 24.3 Å². The van der Waals surface area contributed by atoms with Crippen LogP contribution in [0.4, 0.5) is 0 Å². The maximum atomic E-state index is 11.7. The number of benzene rings is 2. The van der Waals surface area contributed by atoms with Crippen LogP contribution in [0.1, 0.15) is 31.1 Å². The van der Waals surface area contributed by atoms with Crippen LogP contribution in [0.25, 0.3) is 0 Å². The molecular weight excluding hydrogens is 298 g/mol. The molecule has 0 bridgehead atoms. The van der Waals surface area contributed by atoms with E-state index in [2.05, 4.69) is 5.32 Å². The summed E-state index contributed by atoms with van der Waals surface area (Å²) in [7, 11) is 0. The first kappa shape index (κ1) is 16.1. The van der Waals surface area contributed by atoms with Crippen molar-refractivity contribution in [2.75, 3.05) is 6.61 Å². The van der Waals surface area contributed by atoms with Crippen LogP contribution in [0.2, 0.25) is 0 Å². The Morgan fingerprint density at radius 1 is 0.913 bits per heavy atom. The highest BCUT2D eigenvalue weighted by Crippen LogP contribution is 2.04. The maximum Gasteiger partial charge on any atom is 0.338 e. The second kappa shape index (κ2) is 7.65. The van der Waals surface area contributed by atoms with Crippen molar-refractivity contribution in [3.05, 3.63) is 71.3 Å². The second-order valence-corrected chi connectivity index (χ2v) is 4.56. The Bertz CT molecular complexity index is 722. The molecule has 0 aliphatic carbocycles. The Labute approximate surface area is 132 Å². The van der Waals surface area contributed by atoms with E-state index in [-0.39, 0.29) is 5.56 Å². The van der Waals surface area contributed by atoms with Crippen molar-refractivity contribution in [3.8, 4) is 0 Å². The molecule has 2 aromatic rings. The summed E-state index contributed by atoms with van der Waals surface area (Å²) in [6.07, 6.45) is 0.651. The first-order chi connectivity index (χ1) is 11.1. The van der Waals surface area contributed by atoms with Gasteiger partial charge in [-0.2, -0.15) is 0 Å². The molecule has 1 N–H and O–H groups in total. The lowest BCUT2D eigenvalue weighted by Crippen LogP contribution is -2.34. The van der Waals surface area contributed by atoms with E-state index in [1.54, 1.807) is 30.3 Å². The summed E-state index contributed by atoms with van der Waals surface area (Å²) in [4.78, 5) is 45.6. The van der Waals surface area contributed by atoms with Gasteiger partial charge in [0.15, 0.2) is 6.61 Å². The smallest absolute Gasteiger partial charge is 0.338 e. The first-order valence-electron chi connectivity index (χ1n) is 6.72. The molecule has 0 aliphatic heterocycles. The molecule has 2 rings (SSSR count). The number of imide groups is 1. The lowest BCUT2D eigenvalue weighted by molar-refractivity contribution is -0.123. The van der Waals surface area contributed by atoms with Gasteiger partial charge in [-0.1, -0.05) is 30.3 Å². The van der Waals surface area contributed by atoms with E-state index >= 15 is 0 Å². The summed E-state index contributed by atoms with van der Waals surface area (Å²) in [5.41, 5.74) is 0.960. The third-order valence-electron chi connectivity index (χ3n) is 2.91. The number of esters is 1. The van der Waals surface area contributed by atoms with Crippen LogP contribution in [-0.4, -0.2) is 30.7 Å². The summed E-state index contributed by atoms with van der Waals surface area (Å²) < 4.78 is 4.81. The molecule has 0 saturated carbocycles. The Morgan fingerprint density at radius 3 is 2.17 bits per heavy atom. The molecule has 0 aromatic heterocycles. The van der Waals surface area contributed by atoms with E-state index in [9.17, 15) is 19.2 Å². The zero-order chi connectivity index (χ0) is 16.7. The predicted molar refractivity (Wildman–Crippen MR) is 81.0 cm³/mol. The Hall–Kier alpha value is -3.28. The lowest BCUT2D eigenvalue weighted by Gasteiger charge is -2.06. The number of hydrogen-bond donors (Lipinski definition) is 1. The third-order valence-corrected chi connectivity index (χ3v) is 2.91. The molecule has 0 fully saturated rings. The summed E-state index contributed by atoms with van der Waals surface area (Å²) >= 11 is 0. The number of amides is 2. The van der Waals surface area contributed by atoms with Gasteiger partial charge in [-0.25, -0.2) is 4.79 Å². The van der Waals surface area contributed by atoms with Gasteiger partial charge in [0.1, 0.15) is 6.29 Å². The second-order valence-electron chi connectivity index (χ2n) is 4.56. The highest BCUT2D eigenvalue weighted by molar-refractivity contribution is 6.05. The number of hydrogen-bond acceptors (Lipinski definition) is 5. The van der Waals surface area contributed by atoms with Crippen LogP contribution < -0.4 is 5.32 Å². The van der Waals surface area contributed by atoms with Crippen LogP contribution in [-0.2, 0) is 9.53 Å². The van der Waals surface area contributed by atoms with Gasteiger partial charge in [-0.05, 0) is 24.3 Å². The van der Waals surface area contributed by atoms with E-state index in [1.807, 2.05) is 0 Å². The normalized spacial score (nSPS) is 9.74. The molecule has 0 aliphatic rings. The fraction of sp³-hybridized carbons (Fsp3) is 0.0588. The van der Waals surface area contributed by atoms with Gasteiger partial charge in [0.2, 0.25) is 0 Å². The van der Waals surface area contributed by atoms with E-state index in [0.29, 0.717) is 17.4 Å². The predicted octanol–water partition coefficient (Wildman–Crippen LogP) is 1.61. The van der Waals surface area contributed by atoms with Crippen LogP contribution in [0.5, 0.6) is 0 Å². The molecule has 0 heterocycles. The highest BCUT2D eigenvalue weighted by atomic mass is 16.5.